The molecule has 5 heteroatoms. The first-order chi connectivity index (χ1) is 9.38. The van der Waals surface area contributed by atoms with Crippen molar-refractivity contribution in [3.05, 3.63) is 34.3 Å². The number of hydrogen-bond acceptors (Lipinski definition) is 3. The molecule has 0 spiro atoms. The van der Waals surface area contributed by atoms with Gasteiger partial charge in [-0.1, -0.05) is 29.8 Å². The number of rotatable bonds is 6. The van der Waals surface area contributed by atoms with Crippen molar-refractivity contribution in [3.8, 4) is 5.75 Å². The van der Waals surface area contributed by atoms with Gasteiger partial charge in [-0.2, -0.15) is 0 Å². The molecule has 0 saturated carbocycles. The zero-order valence-electron chi connectivity index (χ0n) is 11.9. The van der Waals surface area contributed by atoms with E-state index in [0.29, 0.717) is 12.3 Å². The third-order valence-electron chi connectivity index (χ3n) is 2.78. The Bertz CT molecular complexity index is 498. The summed E-state index contributed by atoms with van der Waals surface area (Å²) in [5, 5.41) is 11.9. The number of aliphatic hydroxyl groups is 1. The van der Waals surface area contributed by atoms with Gasteiger partial charge in [-0.05, 0) is 24.3 Å². The summed E-state index contributed by atoms with van der Waals surface area (Å²) in [5.74, 6) is 0.501. The van der Waals surface area contributed by atoms with Crippen molar-refractivity contribution < 1.29 is 14.6 Å². The van der Waals surface area contributed by atoms with Crippen LogP contribution in [0.15, 0.2) is 28.7 Å². The lowest BCUT2D eigenvalue weighted by atomic mass is 9.95. The summed E-state index contributed by atoms with van der Waals surface area (Å²) in [6.45, 7) is 4.21. The summed E-state index contributed by atoms with van der Waals surface area (Å²) in [6, 6.07) is 5.58. The number of carbonyl (C=O) groups excluding carboxylic acids is 1. The van der Waals surface area contributed by atoms with Crippen LogP contribution < -0.4 is 10.1 Å². The van der Waals surface area contributed by atoms with Crippen molar-refractivity contribution in [1.82, 2.24) is 5.32 Å². The Morgan fingerprint density at radius 2 is 2.20 bits per heavy atom. The van der Waals surface area contributed by atoms with Gasteiger partial charge in [0.1, 0.15) is 5.75 Å². The van der Waals surface area contributed by atoms with Crippen LogP contribution in [-0.4, -0.2) is 31.3 Å². The Labute approximate surface area is 128 Å². The summed E-state index contributed by atoms with van der Waals surface area (Å²) < 4.78 is 6.14. The fourth-order valence-electron chi connectivity index (χ4n) is 1.44. The van der Waals surface area contributed by atoms with E-state index in [1.165, 1.54) is 6.08 Å². The molecule has 0 aliphatic carbocycles. The van der Waals surface area contributed by atoms with E-state index in [9.17, 15) is 4.79 Å². The topological polar surface area (TPSA) is 58.6 Å². The molecule has 0 aliphatic heterocycles. The number of methoxy groups -OCH3 is 1. The molecule has 0 heterocycles. The molecule has 20 heavy (non-hydrogen) atoms. The second-order valence-corrected chi connectivity index (χ2v) is 6.18. The highest BCUT2D eigenvalue weighted by molar-refractivity contribution is 9.10. The molecule has 1 aromatic rings. The smallest absolute Gasteiger partial charge is 0.244 e. The normalized spacial score (nSPS) is 11.7. The number of halogens is 1. The SMILES string of the molecule is COc1ccc(Br)cc1/C=C/C(=O)NCC(C)(C)CO. The lowest BCUT2D eigenvalue weighted by Gasteiger charge is -2.21. The number of amides is 1. The summed E-state index contributed by atoms with van der Waals surface area (Å²) in [7, 11) is 1.59. The highest BCUT2D eigenvalue weighted by atomic mass is 79.9. The van der Waals surface area contributed by atoms with E-state index in [1.54, 1.807) is 13.2 Å². The predicted molar refractivity (Wildman–Crippen MR) is 83.6 cm³/mol. The number of benzene rings is 1. The van der Waals surface area contributed by atoms with Gasteiger partial charge in [0.05, 0.1) is 7.11 Å². The Kier molecular flexibility index (Phi) is 6.23. The molecule has 0 atom stereocenters. The van der Waals surface area contributed by atoms with Crippen LogP contribution in [0.5, 0.6) is 5.75 Å². The summed E-state index contributed by atoms with van der Waals surface area (Å²) in [4.78, 5) is 11.7. The molecule has 1 aromatic carbocycles. The molecule has 110 valence electrons. The van der Waals surface area contributed by atoms with Crippen molar-refractivity contribution >= 4 is 27.9 Å². The van der Waals surface area contributed by atoms with Gasteiger partial charge in [0.15, 0.2) is 0 Å². The van der Waals surface area contributed by atoms with E-state index in [1.807, 2.05) is 32.0 Å². The highest BCUT2D eigenvalue weighted by Gasteiger charge is 2.16. The van der Waals surface area contributed by atoms with Crippen LogP contribution in [0.4, 0.5) is 0 Å². The molecule has 1 amide bonds. The summed E-state index contributed by atoms with van der Waals surface area (Å²) in [5.41, 5.74) is 0.496. The van der Waals surface area contributed by atoms with Gasteiger partial charge in [-0.3, -0.25) is 4.79 Å². The molecule has 2 N–H and O–H groups in total. The Balaban J connectivity index is 2.68. The minimum atomic E-state index is -0.322. The van der Waals surface area contributed by atoms with E-state index >= 15 is 0 Å². The third-order valence-corrected chi connectivity index (χ3v) is 3.27. The zero-order valence-corrected chi connectivity index (χ0v) is 13.5. The molecule has 0 aromatic heterocycles. The van der Waals surface area contributed by atoms with E-state index in [0.717, 1.165) is 10.0 Å². The van der Waals surface area contributed by atoms with Gasteiger partial charge in [0.2, 0.25) is 5.91 Å². The quantitative estimate of drug-likeness (QED) is 0.782. The van der Waals surface area contributed by atoms with Crippen molar-refractivity contribution in [3.63, 3.8) is 0 Å². The molecule has 0 aliphatic rings. The van der Waals surface area contributed by atoms with E-state index in [2.05, 4.69) is 21.2 Å². The lowest BCUT2D eigenvalue weighted by Crippen LogP contribution is -2.35. The summed E-state index contributed by atoms with van der Waals surface area (Å²) >= 11 is 3.38. The fourth-order valence-corrected chi connectivity index (χ4v) is 1.82. The molecular weight excluding hydrogens is 322 g/mol. The lowest BCUT2D eigenvalue weighted by molar-refractivity contribution is -0.116. The van der Waals surface area contributed by atoms with Crippen molar-refractivity contribution in [2.24, 2.45) is 5.41 Å². The molecule has 0 radical (unpaired) electrons. The second-order valence-electron chi connectivity index (χ2n) is 5.26. The first kappa shape index (κ1) is 16.7. The van der Waals surface area contributed by atoms with Gasteiger partial charge < -0.3 is 15.2 Å². The first-order valence-electron chi connectivity index (χ1n) is 6.28. The van der Waals surface area contributed by atoms with Crippen LogP contribution in [0.25, 0.3) is 6.08 Å². The van der Waals surface area contributed by atoms with E-state index in [-0.39, 0.29) is 17.9 Å². The van der Waals surface area contributed by atoms with E-state index in [4.69, 9.17) is 9.84 Å². The highest BCUT2D eigenvalue weighted by Crippen LogP contribution is 2.24. The molecule has 0 saturated heterocycles. The number of nitrogens with one attached hydrogen (secondary N) is 1. The maximum Gasteiger partial charge on any atom is 0.244 e. The second kappa shape index (κ2) is 7.45. The maximum atomic E-state index is 11.7. The number of hydrogen-bond donors (Lipinski definition) is 2. The Morgan fingerprint density at radius 1 is 1.50 bits per heavy atom. The fraction of sp³-hybridized carbons (Fsp3) is 0.400. The number of aliphatic hydroxyl groups excluding tert-OH is 1. The largest absolute Gasteiger partial charge is 0.496 e. The van der Waals surface area contributed by atoms with Gasteiger partial charge in [0, 0.05) is 34.7 Å². The molecule has 1 rings (SSSR count). The van der Waals surface area contributed by atoms with Gasteiger partial charge >= 0.3 is 0 Å². The van der Waals surface area contributed by atoms with Crippen LogP contribution in [0.2, 0.25) is 0 Å². The van der Waals surface area contributed by atoms with Crippen LogP contribution in [0.3, 0.4) is 0 Å². The van der Waals surface area contributed by atoms with Crippen LogP contribution in [0.1, 0.15) is 19.4 Å². The monoisotopic (exact) mass is 341 g/mol. The Morgan fingerprint density at radius 3 is 2.80 bits per heavy atom. The molecular formula is C15H20BrNO3. The standard InChI is InChI=1S/C15H20BrNO3/c1-15(2,10-18)9-17-14(19)7-4-11-8-12(16)5-6-13(11)20-3/h4-8,18H,9-10H2,1-3H3,(H,17,19)/b7-4+. The van der Waals surface area contributed by atoms with E-state index < -0.39 is 0 Å². The van der Waals surface area contributed by atoms with Crippen molar-refractivity contribution in [2.75, 3.05) is 20.3 Å². The Hall–Kier alpha value is -1.33. The minimum absolute atomic E-state index is 0.0243. The van der Waals surface area contributed by atoms with Crippen molar-refractivity contribution in [2.45, 2.75) is 13.8 Å². The molecule has 4 nitrogen and oxygen atoms in total. The average Bonchev–Trinajstić information content (AvgIpc) is 2.43. The molecule has 0 bridgehead atoms. The number of ether oxygens (including phenoxy) is 1. The zero-order chi connectivity index (χ0) is 15.2. The van der Waals surface area contributed by atoms with Gasteiger partial charge in [-0.15, -0.1) is 0 Å². The first-order valence-corrected chi connectivity index (χ1v) is 7.07. The average molecular weight is 342 g/mol. The molecule has 0 fully saturated rings. The summed E-state index contributed by atoms with van der Waals surface area (Å²) in [6.07, 6.45) is 3.16. The van der Waals surface area contributed by atoms with Gasteiger partial charge in [-0.25, -0.2) is 0 Å². The molecule has 0 unspecified atom stereocenters. The van der Waals surface area contributed by atoms with Crippen LogP contribution in [-0.2, 0) is 4.79 Å². The van der Waals surface area contributed by atoms with Crippen molar-refractivity contribution in [1.29, 1.82) is 0 Å². The third kappa shape index (κ3) is 5.35. The minimum Gasteiger partial charge on any atom is -0.496 e. The van der Waals surface area contributed by atoms with Crippen LogP contribution >= 0.6 is 15.9 Å². The predicted octanol–water partition coefficient (Wildman–Crippen LogP) is 2.61. The number of carbonyl (C=O) groups is 1. The van der Waals surface area contributed by atoms with Gasteiger partial charge in [0.25, 0.3) is 0 Å². The van der Waals surface area contributed by atoms with Crippen LogP contribution in [0, 0.1) is 5.41 Å². The maximum absolute atomic E-state index is 11.7.